The SMILES string of the molecule is COc1ccc([C@H]2SCC(=O)N2CCN2CCN(C(=O)C3CC3)CC2)cc1. The fourth-order valence-electron chi connectivity index (χ4n) is 3.77. The third-order valence-corrected chi connectivity index (χ3v) is 6.89. The average molecular weight is 390 g/mol. The maximum absolute atomic E-state index is 12.4. The van der Waals surface area contributed by atoms with Crippen LogP contribution in [0.2, 0.25) is 0 Å². The molecule has 1 aromatic carbocycles. The summed E-state index contributed by atoms with van der Waals surface area (Å²) in [5.41, 5.74) is 1.14. The number of hydrogen-bond donors (Lipinski definition) is 0. The molecule has 0 aromatic heterocycles. The highest BCUT2D eigenvalue weighted by Crippen LogP contribution is 2.38. The second-order valence-electron chi connectivity index (χ2n) is 7.46. The first-order chi connectivity index (χ1) is 13.2. The standard InChI is InChI=1S/C20H27N3O3S/c1-26-17-6-4-16(5-7-17)20-23(18(24)14-27-20)13-10-21-8-11-22(12-9-21)19(25)15-2-3-15/h4-7,15,20H,2-3,8-14H2,1H3/t20-/m1/s1. The molecule has 1 aliphatic carbocycles. The average Bonchev–Trinajstić information content (AvgIpc) is 3.50. The maximum Gasteiger partial charge on any atom is 0.233 e. The van der Waals surface area contributed by atoms with E-state index >= 15 is 0 Å². The smallest absolute Gasteiger partial charge is 0.233 e. The minimum Gasteiger partial charge on any atom is -0.497 e. The van der Waals surface area contributed by atoms with Gasteiger partial charge < -0.3 is 14.5 Å². The fraction of sp³-hybridized carbons (Fsp3) is 0.600. The number of carbonyl (C=O) groups excluding carboxylic acids is 2. The van der Waals surface area contributed by atoms with Crippen LogP contribution in [0.5, 0.6) is 5.75 Å². The summed E-state index contributed by atoms with van der Waals surface area (Å²) < 4.78 is 5.23. The van der Waals surface area contributed by atoms with Gasteiger partial charge in [0.15, 0.2) is 0 Å². The zero-order valence-electron chi connectivity index (χ0n) is 15.8. The summed E-state index contributed by atoms with van der Waals surface area (Å²) >= 11 is 1.69. The molecular formula is C20H27N3O3S. The van der Waals surface area contributed by atoms with Gasteiger partial charge in [-0.3, -0.25) is 14.5 Å². The normalized spacial score (nSPS) is 23.7. The van der Waals surface area contributed by atoms with Crippen LogP contribution in [-0.4, -0.2) is 78.6 Å². The highest BCUT2D eigenvalue weighted by Gasteiger charge is 2.35. The number of piperazine rings is 1. The van der Waals surface area contributed by atoms with Crippen molar-refractivity contribution in [2.75, 3.05) is 52.1 Å². The maximum atomic E-state index is 12.4. The summed E-state index contributed by atoms with van der Waals surface area (Å²) in [4.78, 5) is 30.9. The molecule has 1 saturated carbocycles. The molecule has 2 heterocycles. The van der Waals surface area contributed by atoms with Crippen molar-refractivity contribution >= 4 is 23.6 Å². The van der Waals surface area contributed by atoms with Crippen molar-refractivity contribution in [2.45, 2.75) is 18.2 Å². The number of ether oxygens (including phenoxy) is 1. The first-order valence-electron chi connectivity index (χ1n) is 9.72. The van der Waals surface area contributed by atoms with Gasteiger partial charge in [-0.05, 0) is 30.5 Å². The Morgan fingerprint density at radius 3 is 2.44 bits per heavy atom. The predicted molar refractivity (Wildman–Crippen MR) is 106 cm³/mol. The number of benzene rings is 1. The molecule has 4 rings (SSSR count). The molecule has 6 nitrogen and oxygen atoms in total. The molecule has 0 radical (unpaired) electrons. The number of nitrogens with zero attached hydrogens (tertiary/aromatic N) is 3. The minimum atomic E-state index is 0.0844. The van der Waals surface area contributed by atoms with Crippen molar-refractivity contribution in [3.63, 3.8) is 0 Å². The van der Waals surface area contributed by atoms with Crippen molar-refractivity contribution in [1.29, 1.82) is 0 Å². The molecule has 2 aliphatic heterocycles. The highest BCUT2D eigenvalue weighted by atomic mass is 32.2. The number of amides is 2. The van der Waals surface area contributed by atoms with Crippen LogP contribution in [0.4, 0.5) is 0 Å². The van der Waals surface area contributed by atoms with Gasteiger partial charge in [-0.25, -0.2) is 0 Å². The van der Waals surface area contributed by atoms with Crippen LogP contribution in [0.15, 0.2) is 24.3 Å². The van der Waals surface area contributed by atoms with Gasteiger partial charge in [-0.2, -0.15) is 0 Å². The van der Waals surface area contributed by atoms with Gasteiger partial charge in [0.05, 0.1) is 12.9 Å². The molecule has 1 atom stereocenters. The Morgan fingerprint density at radius 1 is 1.11 bits per heavy atom. The Morgan fingerprint density at radius 2 is 1.81 bits per heavy atom. The van der Waals surface area contributed by atoms with Crippen LogP contribution in [0, 0.1) is 5.92 Å². The second-order valence-corrected chi connectivity index (χ2v) is 8.53. The molecule has 0 bridgehead atoms. The van der Waals surface area contributed by atoms with Gasteiger partial charge in [0.1, 0.15) is 11.1 Å². The zero-order valence-corrected chi connectivity index (χ0v) is 16.6. The lowest BCUT2D eigenvalue weighted by Crippen LogP contribution is -2.50. The molecule has 3 aliphatic rings. The summed E-state index contributed by atoms with van der Waals surface area (Å²) in [7, 11) is 1.66. The third-order valence-electron chi connectivity index (χ3n) is 5.64. The Bertz CT molecular complexity index is 684. The highest BCUT2D eigenvalue weighted by molar-refractivity contribution is 8.00. The number of methoxy groups -OCH3 is 1. The quantitative estimate of drug-likeness (QED) is 0.743. The van der Waals surface area contributed by atoms with Crippen LogP contribution in [0.3, 0.4) is 0 Å². The van der Waals surface area contributed by atoms with Gasteiger partial charge >= 0.3 is 0 Å². The number of thioether (sulfide) groups is 1. The van der Waals surface area contributed by atoms with Crippen molar-refractivity contribution in [2.24, 2.45) is 5.92 Å². The molecule has 2 amide bonds. The third kappa shape index (κ3) is 4.24. The second kappa shape index (κ2) is 8.10. The van der Waals surface area contributed by atoms with Crippen molar-refractivity contribution in [1.82, 2.24) is 14.7 Å². The van der Waals surface area contributed by atoms with Gasteiger partial charge in [-0.15, -0.1) is 11.8 Å². The molecule has 0 N–H and O–H groups in total. The molecule has 0 spiro atoms. The van der Waals surface area contributed by atoms with E-state index < -0.39 is 0 Å². The molecule has 2 saturated heterocycles. The van der Waals surface area contributed by atoms with Crippen molar-refractivity contribution < 1.29 is 14.3 Å². The lowest BCUT2D eigenvalue weighted by atomic mass is 10.2. The molecule has 3 fully saturated rings. The Kier molecular flexibility index (Phi) is 5.59. The summed E-state index contributed by atoms with van der Waals surface area (Å²) in [5.74, 6) is 2.24. The first kappa shape index (κ1) is 18.6. The summed E-state index contributed by atoms with van der Waals surface area (Å²) in [6, 6.07) is 7.99. The summed E-state index contributed by atoms with van der Waals surface area (Å²) in [5, 5.41) is 0.0844. The number of carbonyl (C=O) groups is 2. The van der Waals surface area contributed by atoms with E-state index in [1.54, 1.807) is 18.9 Å². The van der Waals surface area contributed by atoms with Crippen LogP contribution in [0.1, 0.15) is 23.8 Å². The molecule has 0 unspecified atom stereocenters. The molecule has 1 aromatic rings. The van der Waals surface area contributed by atoms with E-state index in [4.69, 9.17) is 4.74 Å². The van der Waals surface area contributed by atoms with Gasteiger partial charge in [-0.1, -0.05) is 12.1 Å². The van der Waals surface area contributed by atoms with E-state index in [0.717, 1.165) is 63.4 Å². The Hall–Kier alpha value is -1.73. The Labute approximate surface area is 164 Å². The molecule has 146 valence electrons. The Balaban J connectivity index is 1.29. The van der Waals surface area contributed by atoms with Crippen LogP contribution in [-0.2, 0) is 9.59 Å². The molecular weight excluding hydrogens is 362 g/mol. The zero-order chi connectivity index (χ0) is 18.8. The molecule has 27 heavy (non-hydrogen) atoms. The van der Waals surface area contributed by atoms with Crippen molar-refractivity contribution in [3.05, 3.63) is 29.8 Å². The predicted octanol–water partition coefficient (Wildman–Crippen LogP) is 1.82. The van der Waals surface area contributed by atoms with Gasteiger partial charge in [0.25, 0.3) is 0 Å². The minimum absolute atomic E-state index is 0.0844. The van der Waals surface area contributed by atoms with E-state index in [1.807, 2.05) is 34.1 Å². The number of rotatable bonds is 6. The van der Waals surface area contributed by atoms with Crippen LogP contribution >= 0.6 is 11.8 Å². The van der Waals surface area contributed by atoms with E-state index in [9.17, 15) is 9.59 Å². The lowest BCUT2D eigenvalue weighted by Gasteiger charge is -2.36. The molecule has 7 heteroatoms. The monoisotopic (exact) mass is 389 g/mol. The number of hydrogen-bond acceptors (Lipinski definition) is 5. The summed E-state index contributed by atoms with van der Waals surface area (Å²) in [6.45, 7) is 5.05. The largest absolute Gasteiger partial charge is 0.497 e. The van der Waals surface area contributed by atoms with Crippen LogP contribution in [0.25, 0.3) is 0 Å². The van der Waals surface area contributed by atoms with Gasteiger partial charge in [0.2, 0.25) is 11.8 Å². The van der Waals surface area contributed by atoms with E-state index in [0.29, 0.717) is 17.6 Å². The van der Waals surface area contributed by atoms with E-state index in [2.05, 4.69) is 4.90 Å². The van der Waals surface area contributed by atoms with E-state index in [1.165, 1.54) is 0 Å². The fourth-order valence-corrected chi connectivity index (χ4v) is 4.99. The van der Waals surface area contributed by atoms with Gasteiger partial charge in [0, 0.05) is 45.2 Å². The van der Waals surface area contributed by atoms with E-state index in [-0.39, 0.29) is 11.3 Å². The van der Waals surface area contributed by atoms with Crippen LogP contribution < -0.4 is 4.74 Å². The lowest BCUT2D eigenvalue weighted by molar-refractivity contribution is -0.134. The van der Waals surface area contributed by atoms with Crippen molar-refractivity contribution in [3.8, 4) is 5.75 Å². The topological polar surface area (TPSA) is 53.1 Å². The first-order valence-corrected chi connectivity index (χ1v) is 10.8. The summed E-state index contributed by atoms with van der Waals surface area (Å²) in [6.07, 6.45) is 2.14.